The molecule has 0 bridgehead atoms. The first-order valence-corrected chi connectivity index (χ1v) is 11.0. The zero-order valence-corrected chi connectivity index (χ0v) is 18.6. The number of fused-ring (bicyclic) bond motifs is 1. The number of hydrogen-bond donors (Lipinski definition) is 2. The van der Waals surface area contributed by atoms with Crippen molar-refractivity contribution in [2.24, 2.45) is 5.92 Å². The minimum absolute atomic E-state index is 0.0729. The van der Waals surface area contributed by atoms with Gasteiger partial charge in [-0.05, 0) is 40.3 Å². The molecular weight excluding hydrogens is 416 g/mol. The van der Waals surface area contributed by atoms with Crippen LogP contribution in [0.25, 0.3) is 10.8 Å². The van der Waals surface area contributed by atoms with Crippen LogP contribution in [-0.4, -0.2) is 22.0 Å². The average molecular weight is 443 g/mol. The van der Waals surface area contributed by atoms with Crippen LogP contribution < -0.4 is 5.32 Å². The SMILES string of the molecule is CC(C)CC(C(=O)Nc1ccccc1Cc1cnc(C(=O)O)o1)c1cccc2ccccc12. The number of aromatic carboxylic acids is 1. The van der Waals surface area contributed by atoms with Crippen LogP contribution in [0.3, 0.4) is 0 Å². The second-order valence-corrected chi connectivity index (χ2v) is 8.51. The van der Waals surface area contributed by atoms with E-state index in [9.17, 15) is 9.59 Å². The highest BCUT2D eigenvalue weighted by atomic mass is 16.4. The Bertz CT molecular complexity index is 1290. The van der Waals surface area contributed by atoms with E-state index in [-0.39, 0.29) is 17.7 Å². The maximum atomic E-state index is 13.6. The minimum atomic E-state index is -1.21. The monoisotopic (exact) mass is 442 g/mol. The minimum Gasteiger partial charge on any atom is -0.474 e. The summed E-state index contributed by atoms with van der Waals surface area (Å²) in [6.07, 6.45) is 2.44. The third-order valence-corrected chi connectivity index (χ3v) is 5.60. The molecule has 33 heavy (non-hydrogen) atoms. The van der Waals surface area contributed by atoms with Crippen molar-refractivity contribution in [2.45, 2.75) is 32.6 Å². The van der Waals surface area contributed by atoms with Gasteiger partial charge in [-0.1, -0.05) is 74.5 Å². The summed E-state index contributed by atoms with van der Waals surface area (Å²) >= 11 is 0. The largest absolute Gasteiger partial charge is 0.474 e. The molecule has 0 saturated carbocycles. The number of anilines is 1. The number of oxazole rings is 1. The molecule has 1 amide bonds. The topological polar surface area (TPSA) is 92.4 Å². The molecule has 0 aliphatic carbocycles. The van der Waals surface area contributed by atoms with Gasteiger partial charge < -0.3 is 14.8 Å². The molecule has 0 aliphatic heterocycles. The molecule has 0 fully saturated rings. The van der Waals surface area contributed by atoms with Crippen molar-refractivity contribution in [2.75, 3.05) is 5.32 Å². The van der Waals surface area contributed by atoms with Gasteiger partial charge in [0.2, 0.25) is 5.91 Å². The molecule has 0 radical (unpaired) electrons. The Morgan fingerprint density at radius 1 is 1.00 bits per heavy atom. The molecule has 0 saturated heterocycles. The summed E-state index contributed by atoms with van der Waals surface area (Å²) in [5.74, 6) is -1.20. The molecule has 2 N–H and O–H groups in total. The summed E-state index contributed by atoms with van der Waals surface area (Å²) in [5.41, 5.74) is 2.50. The van der Waals surface area contributed by atoms with Gasteiger partial charge in [-0.25, -0.2) is 9.78 Å². The number of amides is 1. The average Bonchev–Trinajstić information content (AvgIpc) is 3.27. The third kappa shape index (κ3) is 5.12. The maximum Gasteiger partial charge on any atom is 0.392 e. The zero-order chi connectivity index (χ0) is 23.4. The van der Waals surface area contributed by atoms with Crippen molar-refractivity contribution < 1.29 is 19.1 Å². The van der Waals surface area contributed by atoms with Crippen LogP contribution in [0.4, 0.5) is 5.69 Å². The Hall–Kier alpha value is -3.93. The number of carboxylic acid groups (broad SMARTS) is 1. The van der Waals surface area contributed by atoms with Crippen LogP contribution >= 0.6 is 0 Å². The van der Waals surface area contributed by atoms with Crippen molar-refractivity contribution in [3.8, 4) is 0 Å². The van der Waals surface area contributed by atoms with Gasteiger partial charge >= 0.3 is 11.9 Å². The number of rotatable bonds is 8. The fraction of sp³-hybridized carbons (Fsp3) is 0.222. The summed E-state index contributed by atoms with van der Waals surface area (Å²) in [5, 5.41) is 14.3. The maximum absolute atomic E-state index is 13.6. The Morgan fingerprint density at radius 3 is 2.48 bits per heavy atom. The summed E-state index contributed by atoms with van der Waals surface area (Å²) in [7, 11) is 0. The molecule has 4 rings (SSSR count). The molecular formula is C27H26N2O4. The second kappa shape index (κ2) is 9.69. The number of benzene rings is 3. The molecule has 6 nitrogen and oxygen atoms in total. The summed E-state index contributed by atoms with van der Waals surface area (Å²) in [6, 6.07) is 21.6. The van der Waals surface area contributed by atoms with E-state index in [4.69, 9.17) is 9.52 Å². The lowest BCUT2D eigenvalue weighted by Gasteiger charge is -2.22. The van der Waals surface area contributed by atoms with E-state index in [1.165, 1.54) is 6.20 Å². The molecule has 1 atom stereocenters. The highest BCUT2D eigenvalue weighted by Gasteiger charge is 2.24. The predicted octanol–water partition coefficient (Wildman–Crippen LogP) is 5.89. The number of carbonyl (C=O) groups excluding carboxylic acids is 1. The Balaban J connectivity index is 1.63. The molecule has 0 spiro atoms. The smallest absolute Gasteiger partial charge is 0.392 e. The normalized spacial score (nSPS) is 12.1. The lowest BCUT2D eigenvalue weighted by Crippen LogP contribution is -2.23. The fourth-order valence-corrected chi connectivity index (χ4v) is 4.09. The van der Waals surface area contributed by atoms with Crippen LogP contribution in [0.2, 0.25) is 0 Å². The van der Waals surface area contributed by atoms with E-state index in [1.54, 1.807) is 0 Å². The van der Waals surface area contributed by atoms with E-state index >= 15 is 0 Å². The zero-order valence-electron chi connectivity index (χ0n) is 18.6. The van der Waals surface area contributed by atoms with E-state index in [0.29, 0.717) is 30.2 Å². The molecule has 1 unspecified atom stereocenters. The number of carboxylic acids is 1. The first kappa shape index (κ1) is 22.3. The summed E-state index contributed by atoms with van der Waals surface area (Å²) in [6.45, 7) is 4.23. The Labute approximate surface area is 192 Å². The van der Waals surface area contributed by atoms with Crippen molar-refractivity contribution in [1.82, 2.24) is 4.98 Å². The Kier molecular flexibility index (Phi) is 6.54. The number of nitrogens with one attached hydrogen (secondary N) is 1. The quantitative estimate of drug-likeness (QED) is 0.355. The van der Waals surface area contributed by atoms with Crippen molar-refractivity contribution >= 4 is 28.3 Å². The highest BCUT2D eigenvalue weighted by Crippen LogP contribution is 2.32. The van der Waals surface area contributed by atoms with E-state index in [1.807, 2.05) is 48.5 Å². The van der Waals surface area contributed by atoms with Gasteiger partial charge in [0.05, 0.1) is 12.1 Å². The van der Waals surface area contributed by atoms with Gasteiger partial charge in [0.25, 0.3) is 0 Å². The lowest BCUT2D eigenvalue weighted by molar-refractivity contribution is -0.117. The Morgan fingerprint density at radius 2 is 1.73 bits per heavy atom. The van der Waals surface area contributed by atoms with Gasteiger partial charge in [-0.3, -0.25) is 4.79 Å². The molecule has 4 aromatic rings. The molecule has 168 valence electrons. The highest BCUT2D eigenvalue weighted by molar-refractivity contribution is 6.00. The van der Waals surface area contributed by atoms with Gasteiger partial charge in [0, 0.05) is 12.1 Å². The number of aromatic nitrogens is 1. The lowest BCUT2D eigenvalue weighted by atomic mass is 9.86. The third-order valence-electron chi connectivity index (χ3n) is 5.60. The van der Waals surface area contributed by atoms with Gasteiger partial charge in [0.15, 0.2) is 0 Å². The van der Waals surface area contributed by atoms with Crippen LogP contribution in [0.15, 0.2) is 77.3 Å². The van der Waals surface area contributed by atoms with Crippen molar-refractivity contribution in [1.29, 1.82) is 0 Å². The predicted molar refractivity (Wildman–Crippen MR) is 127 cm³/mol. The van der Waals surface area contributed by atoms with Crippen LogP contribution in [0.5, 0.6) is 0 Å². The first-order chi connectivity index (χ1) is 15.9. The summed E-state index contributed by atoms with van der Waals surface area (Å²) < 4.78 is 5.30. The van der Waals surface area contributed by atoms with Crippen molar-refractivity contribution in [3.05, 3.63) is 95.7 Å². The standard InChI is InChI=1S/C27H26N2O4/c1-17(2)14-23(22-12-7-10-18-8-3-5-11-21(18)22)25(30)29-24-13-6-4-9-19(24)15-20-16-28-26(33-20)27(31)32/h3-13,16-17,23H,14-15H2,1-2H3,(H,29,30)(H,31,32). The molecule has 3 aromatic carbocycles. The van der Waals surface area contributed by atoms with Gasteiger partial charge in [-0.2, -0.15) is 0 Å². The van der Waals surface area contributed by atoms with E-state index in [2.05, 4.69) is 42.3 Å². The molecule has 0 aliphatic rings. The van der Waals surface area contributed by atoms with Crippen LogP contribution in [0.1, 0.15) is 53.8 Å². The number of carbonyl (C=O) groups is 2. The molecule has 1 aromatic heterocycles. The first-order valence-electron chi connectivity index (χ1n) is 11.0. The number of para-hydroxylation sites is 1. The van der Waals surface area contributed by atoms with Crippen LogP contribution in [0, 0.1) is 5.92 Å². The second-order valence-electron chi connectivity index (χ2n) is 8.51. The van der Waals surface area contributed by atoms with Crippen molar-refractivity contribution in [3.63, 3.8) is 0 Å². The number of hydrogen-bond acceptors (Lipinski definition) is 4. The number of nitrogens with zero attached hydrogens (tertiary/aromatic N) is 1. The fourth-order valence-electron chi connectivity index (χ4n) is 4.09. The summed E-state index contributed by atoms with van der Waals surface area (Å²) in [4.78, 5) is 28.4. The van der Waals surface area contributed by atoms with Crippen LogP contribution in [-0.2, 0) is 11.2 Å². The molecule has 1 heterocycles. The molecule has 6 heteroatoms. The van der Waals surface area contributed by atoms with E-state index < -0.39 is 5.97 Å². The van der Waals surface area contributed by atoms with Gasteiger partial charge in [-0.15, -0.1) is 0 Å². The van der Waals surface area contributed by atoms with E-state index in [0.717, 1.165) is 21.9 Å². The van der Waals surface area contributed by atoms with Gasteiger partial charge in [0.1, 0.15) is 5.76 Å².